The molecular formula is C26H40N2O. The van der Waals surface area contributed by atoms with Crippen LogP contribution in [0.5, 0.6) is 0 Å². The number of hydrogen-bond acceptors (Lipinski definition) is 3. The Morgan fingerprint density at radius 3 is 2.59 bits per heavy atom. The lowest BCUT2D eigenvalue weighted by molar-refractivity contribution is -0.0330. The maximum absolute atomic E-state index is 9.35. The molecule has 1 N–H and O–H groups in total. The largest absolute Gasteiger partial charge is 0.513 e. The fraction of sp³-hybridized carbons (Fsp3) is 0.615. The lowest BCUT2D eigenvalue weighted by atomic mass is 9.67. The van der Waals surface area contributed by atoms with E-state index in [2.05, 4.69) is 67.8 Å². The molecule has 29 heavy (non-hydrogen) atoms. The Morgan fingerprint density at radius 1 is 1.21 bits per heavy atom. The highest BCUT2D eigenvalue weighted by Gasteiger charge is 2.42. The molecular weight excluding hydrogens is 356 g/mol. The van der Waals surface area contributed by atoms with Crippen LogP contribution in [0.25, 0.3) is 0 Å². The number of rotatable bonds is 6. The van der Waals surface area contributed by atoms with Gasteiger partial charge in [-0.15, -0.1) is 0 Å². The van der Waals surface area contributed by atoms with Crippen molar-refractivity contribution >= 4 is 0 Å². The Kier molecular flexibility index (Phi) is 7.23. The van der Waals surface area contributed by atoms with Gasteiger partial charge in [0.25, 0.3) is 0 Å². The lowest BCUT2D eigenvalue weighted by Crippen LogP contribution is -2.59. The second-order valence-corrected chi connectivity index (χ2v) is 9.98. The molecule has 0 amide bonds. The first-order chi connectivity index (χ1) is 13.8. The van der Waals surface area contributed by atoms with Crippen LogP contribution in [0.4, 0.5) is 0 Å². The molecule has 160 valence electrons. The van der Waals surface area contributed by atoms with Gasteiger partial charge in [0.05, 0.1) is 5.76 Å². The number of piperazine rings is 1. The number of nitrogens with zero attached hydrogens (tertiary/aromatic N) is 2. The fourth-order valence-electron chi connectivity index (χ4n) is 4.94. The molecule has 2 saturated heterocycles. The number of fused-ring (bicyclic) bond motifs is 1. The van der Waals surface area contributed by atoms with Gasteiger partial charge < -0.3 is 5.11 Å². The first-order valence-electron chi connectivity index (χ1n) is 11.3. The van der Waals surface area contributed by atoms with E-state index < -0.39 is 0 Å². The zero-order chi connectivity index (χ0) is 21.0. The van der Waals surface area contributed by atoms with Gasteiger partial charge in [-0.25, -0.2) is 0 Å². The lowest BCUT2D eigenvalue weighted by Gasteiger charge is -2.53. The molecule has 1 aromatic rings. The van der Waals surface area contributed by atoms with Crippen LogP contribution in [0.3, 0.4) is 0 Å². The molecule has 3 atom stereocenters. The van der Waals surface area contributed by atoms with E-state index in [9.17, 15) is 5.11 Å². The molecule has 0 aliphatic carbocycles. The summed E-state index contributed by atoms with van der Waals surface area (Å²) in [7, 11) is 0. The van der Waals surface area contributed by atoms with Gasteiger partial charge in [0, 0.05) is 38.8 Å². The third-order valence-electron chi connectivity index (χ3n) is 7.20. The molecule has 0 saturated carbocycles. The van der Waals surface area contributed by atoms with E-state index in [1.54, 1.807) is 13.0 Å². The summed E-state index contributed by atoms with van der Waals surface area (Å²) in [4.78, 5) is 5.38. The molecule has 3 heteroatoms. The second kappa shape index (κ2) is 9.49. The molecule has 3 nitrogen and oxygen atoms in total. The molecule has 2 aliphatic heterocycles. The minimum absolute atomic E-state index is 0.330. The van der Waals surface area contributed by atoms with E-state index in [-0.39, 0.29) is 0 Å². The number of piperidine rings is 1. The van der Waals surface area contributed by atoms with Crippen molar-refractivity contribution in [2.45, 2.75) is 66.0 Å². The third-order valence-corrected chi connectivity index (χ3v) is 7.20. The number of hydrogen-bond donors (Lipinski definition) is 1. The monoisotopic (exact) mass is 396 g/mol. The minimum atomic E-state index is 0.330. The first-order valence-corrected chi connectivity index (χ1v) is 11.3. The number of aliphatic hydroxyl groups is 1. The van der Waals surface area contributed by atoms with Crippen molar-refractivity contribution in [3.63, 3.8) is 0 Å². The zero-order valence-electron chi connectivity index (χ0n) is 19.1. The molecule has 1 aromatic carbocycles. The average molecular weight is 397 g/mol. The van der Waals surface area contributed by atoms with E-state index in [1.807, 2.05) is 6.08 Å². The number of allylic oxidation sites excluding steroid dienone is 4. The van der Waals surface area contributed by atoms with Crippen LogP contribution < -0.4 is 0 Å². The number of benzene rings is 1. The molecule has 2 aliphatic rings. The van der Waals surface area contributed by atoms with E-state index in [0.717, 1.165) is 13.0 Å². The molecule has 2 unspecified atom stereocenters. The van der Waals surface area contributed by atoms with Crippen LogP contribution in [-0.2, 0) is 6.54 Å². The zero-order valence-corrected chi connectivity index (χ0v) is 19.1. The third kappa shape index (κ3) is 5.73. The summed E-state index contributed by atoms with van der Waals surface area (Å²) in [5, 5.41) is 9.35. The van der Waals surface area contributed by atoms with Gasteiger partial charge in [-0.3, -0.25) is 9.80 Å². The summed E-state index contributed by atoms with van der Waals surface area (Å²) in [6.07, 6.45) is 8.37. The fourth-order valence-corrected chi connectivity index (χ4v) is 4.94. The first kappa shape index (κ1) is 22.1. The molecule has 2 fully saturated rings. The van der Waals surface area contributed by atoms with E-state index in [4.69, 9.17) is 0 Å². The molecule has 2 heterocycles. The summed E-state index contributed by atoms with van der Waals surface area (Å²) in [6.45, 7) is 16.9. The molecule has 0 radical (unpaired) electrons. The van der Waals surface area contributed by atoms with Crippen molar-refractivity contribution in [2.75, 3.05) is 26.2 Å². The van der Waals surface area contributed by atoms with Gasteiger partial charge in [-0.1, -0.05) is 64.1 Å². The second-order valence-electron chi connectivity index (χ2n) is 9.98. The Labute approximate surface area is 178 Å². The molecule has 3 rings (SSSR count). The summed E-state index contributed by atoms with van der Waals surface area (Å²) >= 11 is 0. The minimum Gasteiger partial charge on any atom is -0.513 e. The Balaban J connectivity index is 1.60. The van der Waals surface area contributed by atoms with Crippen LogP contribution >= 0.6 is 0 Å². The van der Waals surface area contributed by atoms with Crippen LogP contribution in [0, 0.1) is 11.3 Å². The highest BCUT2D eigenvalue weighted by atomic mass is 16.3. The van der Waals surface area contributed by atoms with E-state index in [1.165, 1.54) is 43.7 Å². The van der Waals surface area contributed by atoms with Crippen molar-refractivity contribution in [1.29, 1.82) is 0 Å². The van der Waals surface area contributed by atoms with Crippen molar-refractivity contribution in [2.24, 2.45) is 11.3 Å². The predicted molar refractivity (Wildman–Crippen MR) is 123 cm³/mol. The van der Waals surface area contributed by atoms with E-state index >= 15 is 0 Å². The SMILES string of the molecule is C/C(O)=C\C=C/C[C@]1(C)CC2CN(Cc3ccc(C(C)C)cc3)CCN2CC1C. The summed E-state index contributed by atoms with van der Waals surface area (Å²) in [5.41, 5.74) is 3.19. The van der Waals surface area contributed by atoms with Gasteiger partial charge in [-0.05, 0) is 54.2 Å². The standard InChI is InChI=1S/C26H40N2O/c1-20(2)24-11-9-23(10-12-24)18-27-14-15-28-17-21(3)26(5,16-25(28)19-27)13-7-6-8-22(4)29/h6-12,20-21,25,29H,13-19H2,1-5H3/b7-6-,22-8+/t21?,25?,26-/m1/s1. The van der Waals surface area contributed by atoms with Crippen LogP contribution in [0.2, 0.25) is 0 Å². The normalized spacial score (nSPS) is 29.5. The topological polar surface area (TPSA) is 26.7 Å². The summed E-state index contributed by atoms with van der Waals surface area (Å²) < 4.78 is 0. The highest BCUT2D eigenvalue weighted by Crippen LogP contribution is 2.43. The molecule has 0 spiro atoms. The average Bonchev–Trinajstić information content (AvgIpc) is 2.67. The van der Waals surface area contributed by atoms with Gasteiger partial charge >= 0.3 is 0 Å². The smallest absolute Gasteiger partial charge is 0.0891 e. The Morgan fingerprint density at radius 2 is 1.93 bits per heavy atom. The quantitative estimate of drug-likeness (QED) is 0.490. The Bertz CT molecular complexity index is 717. The van der Waals surface area contributed by atoms with Crippen LogP contribution in [0.15, 0.2) is 48.3 Å². The van der Waals surface area contributed by atoms with Crippen LogP contribution in [0.1, 0.15) is 64.5 Å². The van der Waals surface area contributed by atoms with Crippen molar-refractivity contribution in [1.82, 2.24) is 9.80 Å². The Hall–Kier alpha value is -1.58. The van der Waals surface area contributed by atoms with Crippen LogP contribution in [-0.4, -0.2) is 47.1 Å². The van der Waals surface area contributed by atoms with Crippen molar-refractivity contribution < 1.29 is 5.11 Å². The maximum Gasteiger partial charge on any atom is 0.0891 e. The van der Waals surface area contributed by atoms with Gasteiger partial charge in [0.15, 0.2) is 0 Å². The number of aliphatic hydroxyl groups excluding tert-OH is 1. The molecule has 0 bridgehead atoms. The van der Waals surface area contributed by atoms with Crippen molar-refractivity contribution in [3.05, 3.63) is 59.4 Å². The van der Waals surface area contributed by atoms with Gasteiger partial charge in [0.2, 0.25) is 0 Å². The summed E-state index contributed by atoms with van der Waals surface area (Å²) in [5.74, 6) is 1.66. The summed E-state index contributed by atoms with van der Waals surface area (Å²) in [6, 6.07) is 9.88. The van der Waals surface area contributed by atoms with Crippen molar-refractivity contribution in [3.8, 4) is 0 Å². The maximum atomic E-state index is 9.35. The van der Waals surface area contributed by atoms with Gasteiger partial charge in [-0.2, -0.15) is 0 Å². The van der Waals surface area contributed by atoms with E-state index in [0.29, 0.717) is 29.1 Å². The molecule has 0 aromatic heterocycles. The predicted octanol–water partition coefficient (Wildman–Crippen LogP) is 5.75. The highest BCUT2D eigenvalue weighted by molar-refractivity contribution is 5.24. The van der Waals surface area contributed by atoms with Gasteiger partial charge in [0.1, 0.15) is 0 Å².